The van der Waals surface area contributed by atoms with Gasteiger partial charge in [-0.3, -0.25) is 14.5 Å². The number of halogens is 2. The largest absolute Gasteiger partial charge is 0.319 e. The molecule has 0 radical (unpaired) electrons. The fourth-order valence-electron chi connectivity index (χ4n) is 3.70. The Kier molecular flexibility index (Phi) is 5.27. The van der Waals surface area contributed by atoms with E-state index in [1.165, 1.54) is 0 Å². The number of benzene rings is 2. The van der Waals surface area contributed by atoms with Crippen LogP contribution in [-0.2, 0) is 6.54 Å². The number of pyridine rings is 1. The van der Waals surface area contributed by atoms with E-state index in [4.69, 9.17) is 0 Å². The molecule has 0 saturated carbocycles. The third kappa shape index (κ3) is 4.03. The van der Waals surface area contributed by atoms with E-state index in [-0.39, 0.29) is 18.0 Å². The lowest BCUT2D eigenvalue weighted by molar-refractivity contribution is 0.102. The summed E-state index contributed by atoms with van der Waals surface area (Å²) in [7, 11) is 0. The number of anilines is 1. The topological polar surface area (TPSA) is 59.8 Å². The lowest BCUT2D eigenvalue weighted by atomic mass is 10.0. The van der Waals surface area contributed by atoms with E-state index < -0.39 is 11.6 Å². The lowest BCUT2D eigenvalue weighted by Gasteiger charge is -2.11. The van der Waals surface area contributed by atoms with Gasteiger partial charge in [0.25, 0.3) is 5.91 Å². The van der Waals surface area contributed by atoms with E-state index >= 15 is 0 Å². The maximum Gasteiger partial charge on any atom is 0.256 e. The summed E-state index contributed by atoms with van der Waals surface area (Å²) >= 11 is 0. The van der Waals surface area contributed by atoms with Crippen molar-refractivity contribution in [2.24, 2.45) is 0 Å². The molecule has 1 N–H and O–H groups in total. The van der Waals surface area contributed by atoms with Crippen LogP contribution in [0.15, 0.2) is 42.5 Å². The predicted molar refractivity (Wildman–Crippen MR) is 116 cm³/mol. The molecule has 4 aromatic rings. The van der Waals surface area contributed by atoms with E-state index in [0.717, 1.165) is 40.4 Å². The average molecular weight is 420 g/mol. The molecule has 0 saturated heterocycles. The number of hydrogen-bond donors (Lipinski definition) is 1. The Morgan fingerprint density at radius 3 is 2.58 bits per heavy atom. The summed E-state index contributed by atoms with van der Waals surface area (Å²) in [4.78, 5) is 17.7. The van der Waals surface area contributed by atoms with Crippen LogP contribution in [-0.4, -0.2) is 20.7 Å². The Hall–Kier alpha value is -3.61. The third-order valence-corrected chi connectivity index (χ3v) is 5.28. The number of nitrogens with zero attached hydrogens (tertiary/aromatic N) is 3. The van der Waals surface area contributed by atoms with Crippen LogP contribution in [0.1, 0.15) is 38.6 Å². The highest BCUT2D eigenvalue weighted by atomic mass is 19.1. The molecular formula is C24H22F2N4O. The molecule has 7 heteroatoms. The Morgan fingerprint density at radius 1 is 1.03 bits per heavy atom. The van der Waals surface area contributed by atoms with Gasteiger partial charge in [0.1, 0.15) is 11.6 Å². The molecule has 0 aliphatic rings. The Labute approximate surface area is 178 Å². The minimum atomic E-state index is -0.512. The molecule has 2 aromatic carbocycles. The number of rotatable bonds is 4. The van der Waals surface area contributed by atoms with Gasteiger partial charge in [0.15, 0.2) is 0 Å². The van der Waals surface area contributed by atoms with Crippen molar-refractivity contribution in [1.29, 1.82) is 0 Å². The minimum Gasteiger partial charge on any atom is -0.319 e. The van der Waals surface area contributed by atoms with Gasteiger partial charge in [0.2, 0.25) is 0 Å². The van der Waals surface area contributed by atoms with Gasteiger partial charge in [0, 0.05) is 16.6 Å². The lowest BCUT2D eigenvalue weighted by Crippen LogP contribution is -2.14. The van der Waals surface area contributed by atoms with Crippen LogP contribution < -0.4 is 5.32 Å². The first-order valence-corrected chi connectivity index (χ1v) is 9.90. The molecule has 2 aromatic heterocycles. The summed E-state index contributed by atoms with van der Waals surface area (Å²) in [6, 6.07) is 10.9. The highest BCUT2D eigenvalue weighted by Gasteiger charge is 2.18. The fourth-order valence-corrected chi connectivity index (χ4v) is 3.70. The van der Waals surface area contributed by atoms with Crippen LogP contribution in [0.2, 0.25) is 0 Å². The summed E-state index contributed by atoms with van der Waals surface area (Å²) in [6.07, 6.45) is 0. The molecule has 1 amide bonds. The van der Waals surface area contributed by atoms with Gasteiger partial charge in [-0.2, -0.15) is 5.10 Å². The van der Waals surface area contributed by atoms with Crippen molar-refractivity contribution in [1.82, 2.24) is 14.8 Å². The van der Waals surface area contributed by atoms with Crippen LogP contribution in [0, 0.1) is 39.3 Å². The Balaban J connectivity index is 1.68. The molecule has 0 atom stereocenters. The van der Waals surface area contributed by atoms with Crippen LogP contribution in [0.4, 0.5) is 14.5 Å². The van der Waals surface area contributed by atoms with Gasteiger partial charge in [-0.25, -0.2) is 8.78 Å². The maximum absolute atomic E-state index is 14.1. The van der Waals surface area contributed by atoms with Crippen LogP contribution in [0.5, 0.6) is 0 Å². The average Bonchev–Trinajstić information content (AvgIpc) is 2.97. The van der Waals surface area contributed by atoms with Crippen molar-refractivity contribution in [3.05, 3.63) is 87.9 Å². The summed E-state index contributed by atoms with van der Waals surface area (Å²) in [6.45, 7) is 7.42. The van der Waals surface area contributed by atoms with Crippen molar-refractivity contribution in [2.75, 3.05) is 5.32 Å². The van der Waals surface area contributed by atoms with Crippen molar-refractivity contribution >= 4 is 22.5 Å². The molecule has 31 heavy (non-hydrogen) atoms. The second kappa shape index (κ2) is 7.91. The maximum atomic E-state index is 14.1. The Bertz CT molecular complexity index is 1330. The second-order valence-electron chi connectivity index (χ2n) is 7.73. The minimum absolute atomic E-state index is 0.0582. The van der Waals surface area contributed by atoms with Crippen molar-refractivity contribution in [3.8, 4) is 0 Å². The van der Waals surface area contributed by atoms with Crippen molar-refractivity contribution in [2.45, 2.75) is 34.2 Å². The zero-order chi connectivity index (χ0) is 22.3. The quantitative estimate of drug-likeness (QED) is 0.491. The highest BCUT2D eigenvalue weighted by Crippen LogP contribution is 2.25. The predicted octanol–water partition coefficient (Wildman–Crippen LogP) is 5.24. The van der Waals surface area contributed by atoms with Crippen LogP contribution in [0.25, 0.3) is 10.9 Å². The number of fused-ring (bicyclic) bond motifs is 1. The molecule has 0 spiro atoms. The first-order chi connectivity index (χ1) is 14.7. The monoisotopic (exact) mass is 420 g/mol. The molecule has 0 bridgehead atoms. The number of amides is 1. The molecule has 158 valence electrons. The van der Waals surface area contributed by atoms with Gasteiger partial charge < -0.3 is 5.32 Å². The molecule has 0 aliphatic heterocycles. The van der Waals surface area contributed by atoms with E-state index in [1.807, 2.05) is 32.0 Å². The summed E-state index contributed by atoms with van der Waals surface area (Å²) in [5, 5.41) is 8.14. The first kappa shape index (κ1) is 20.7. The highest BCUT2D eigenvalue weighted by molar-refractivity contribution is 6.12. The smallest absolute Gasteiger partial charge is 0.256 e. The number of aromatic nitrogens is 3. The normalized spacial score (nSPS) is 11.2. The van der Waals surface area contributed by atoms with Gasteiger partial charge in [-0.1, -0.05) is 11.6 Å². The number of carbonyl (C=O) groups excluding carboxylic acids is 1. The molecule has 4 rings (SSSR count). The summed E-state index contributed by atoms with van der Waals surface area (Å²) < 4.78 is 29.1. The second-order valence-corrected chi connectivity index (χ2v) is 7.73. The standard InChI is InChI=1S/C24H22F2N4O/c1-13-5-8-22-19(9-13)20(10-14(2)27-22)24(31)28-23-15(3)29-30(16(23)4)12-17-11-18(25)6-7-21(17)26/h5-11H,12H2,1-4H3,(H,28,31). The molecule has 5 nitrogen and oxygen atoms in total. The van der Waals surface area contributed by atoms with Gasteiger partial charge >= 0.3 is 0 Å². The van der Waals surface area contributed by atoms with Gasteiger partial charge in [-0.05, 0) is 64.1 Å². The third-order valence-electron chi connectivity index (χ3n) is 5.28. The first-order valence-electron chi connectivity index (χ1n) is 9.90. The van der Waals surface area contributed by atoms with Gasteiger partial charge in [-0.15, -0.1) is 0 Å². The molecule has 0 aliphatic carbocycles. The summed E-state index contributed by atoms with van der Waals surface area (Å²) in [5.74, 6) is -1.29. The summed E-state index contributed by atoms with van der Waals surface area (Å²) in [5.41, 5.74) is 5.04. The van der Waals surface area contributed by atoms with Gasteiger partial charge in [0.05, 0.1) is 34.7 Å². The molecule has 2 heterocycles. The zero-order valence-corrected chi connectivity index (χ0v) is 17.8. The van der Waals surface area contributed by atoms with Crippen molar-refractivity contribution < 1.29 is 13.6 Å². The van der Waals surface area contributed by atoms with Crippen LogP contribution in [0.3, 0.4) is 0 Å². The van der Waals surface area contributed by atoms with E-state index in [2.05, 4.69) is 15.4 Å². The molecule has 0 unspecified atom stereocenters. The van der Waals surface area contributed by atoms with Crippen LogP contribution >= 0.6 is 0 Å². The van der Waals surface area contributed by atoms with E-state index in [1.54, 1.807) is 24.6 Å². The van der Waals surface area contributed by atoms with E-state index in [0.29, 0.717) is 22.6 Å². The molecule has 0 fully saturated rings. The van der Waals surface area contributed by atoms with E-state index in [9.17, 15) is 13.6 Å². The Morgan fingerprint density at radius 2 is 1.81 bits per heavy atom. The number of hydrogen-bond acceptors (Lipinski definition) is 3. The molecular weight excluding hydrogens is 398 g/mol. The fraction of sp³-hybridized carbons (Fsp3) is 0.208. The zero-order valence-electron chi connectivity index (χ0n) is 17.8. The number of nitrogens with one attached hydrogen (secondary N) is 1. The number of carbonyl (C=O) groups is 1. The van der Waals surface area contributed by atoms with Crippen molar-refractivity contribution in [3.63, 3.8) is 0 Å². The number of aryl methyl sites for hydroxylation is 3. The SMILES string of the molecule is Cc1ccc2nc(C)cc(C(=O)Nc3c(C)nn(Cc4cc(F)ccc4F)c3C)c2c1.